The largest absolute Gasteiger partial charge is 0.472 e. The molecule has 1 amide bonds. The van der Waals surface area contributed by atoms with Crippen molar-refractivity contribution in [2.24, 2.45) is 0 Å². The molecular formula is C18H19BrN2O2S. The highest BCUT2D eigenvalue weighted by atomic mass is 79.9. The Bertz CT molecular complexity index is 666. The monoisotopic (exact) mass is 406 g/mol. The zero-order chi connectivity index (χ0) is 16.8. The van der Waals surface area contributed by atoms with Gasteiger partial charge in [-0.05, 0) is 34.1 Å². The number of ether oxygens (including phenoxy) is 1. The van der Waals surface area contributed by atoms with Crippen LogP contribution in [0.3, 0.4) is 0 Å². The normalized spacial score (nSPS) is 17.0. The molecule has 0 saturated carbocycles. The Hall–Kier alpha value is -1.53. The van der Waals surface area contributed by atoms with E-state index >= 15 is 0 Å². The summed E-state index contributed by atoms with van der Waals surface area (Å²) in [6, 6.07) is 13.9. The van der Waals surface area contributed by atoms with Gasteiger partial charge in [0.05, 0.1) is 6.54 Å². The summed E-state index contributed by atoms with van der Waals surface area (Å²) in [6.45, 7) is 1.41. The van der Waals surface area contributed by atoms with E-state index in [1.807, 2.05) is 35.2 Å². The van der Waals surface area contributed by atoms with Gasteiger partial charge < -0.3 is 9.64 Å². The van der Waals surface area contributed by atoms with Gasteiger partial charge in [-0.2, -0.15) is 0 Å². The number of carbonyl (C=O) groups is 1. The number of thioether (sulfide) groups is 1. The van der Waals surface area contributed by atoms with E-state index in [9.17, 15) is 4.79 Å². The summed E-state index contributed by atoms with van der Waals surface area (Å²) in [5.74, 6) is 1.62. The second kappa shape index (κ2) is 8.53. The molecule has 0 radical (unpaired) electrons. The van der Waals surface area contributed by atoms with Crippen LogP contribution < -0.4 is 4.74 Å². The van der Waals surface area contributed by atoms with Crippen molar-refractivity contribution >= 4 is 33.6 Å². The molecule has 2 heterocycles. The molecule has 1 unspecified atom stereocenters. The van der Waals surface area contributed by atoms with Crippen molar-refractivity contribution in [2.45, 2.75) is 23.8 Å². The van der Waals surface area contributed by atoms with Gasteiger partial charge in [0.15, 0.2) is 0 Å². The van der Waals surface area contributed by atoms with Crippen LogP contribution in [0.25, 0.3) is 0 Å². The second-order valence-electron chi connectivity index (χ2n) is 5.59. The highest BCUT2D eigenvalue weighted by Crippen LogP contribution is 2.21. The first-order chi connectivity index (χ1) is 11.7. The summed E-state index contributed by atoms with van der Waals surface area (Å²) in [7, 11) is 0. The molecule has 1 fully saturated rings. The average Bonchev–Trinajstić information content (AvgIpc) is 3.06. The van der Waals surface area contributed by atoms with E-state index in [1.165, 1.54) is 4.90 Å². The van der Waals surface area contributed by atoms with Crippen LogP contribution in [0.4, 0.5) is 0 Å². The number of halogens is 1. The molecule has 6 heteroatoms. The van der Waals surface area contributed by atoms with Crippen molar-refractivity contribution in [3.63, 3.8) is 0 Å². The van der Waals surface area contributed by atoms with Crippen LogP contribution in [0, 0.1) is 0 Å². The maximum Gasteiger partial charge on any atom is 0.223 e. The van der Waals surface area contributed by atoms with Crippen LogP contribution in [-0.4, -0.2) is 40.7 Å². The molecular weight excluding hydrogens is 388 g/mol. The lowest BCUT2D eigenvalue weighted by Gasteiger charge is -2.17. The van der Waals surface area contributed by atoms with E-state index in [0.717, 1.165) is 23.2 Å². The van der Waals surface area contributed by atoms with E-state index in [1.54, 1.807) is 18.0 Å². The molecule has 1 aliphatic rings. The number of nitrogens with zero attached hydrogens (tertiary/aromatic N) is 2. The second-order valence-corrected chi connectivity index (χ2v) is 7.68. The lowest BCUT2D eigenvalue weighted by Crippen LogP contribution is -2.31. The summed E-state index contributed by atoms with van der Waals surface area (Å²) < 4.78 is 6.78. The highest BCUT2D eigenvalue weighted by molar-refractivity contribution is 9.10. The van der Waals surface area contributed by atoms with Gasteiger partial charge in [-0.25, -0.2) is 4.98 Å². The standard InChI is InChI=1S/C18H19BrN2O2S/c19-14-6-7-17(20-12-14)23-15-8-10-21(13-15)18(22)9-11-24-16-4-2-1-3-5-16/h1-7,12,15H,8-11,13H2. The lowest BCUT2D eigenvalue weighted by molar-refractivity contribution is -0.129. The minimum atomic E-state index is 0.0319. The highest BCUT2D eigenvalue weighted by Gasteiger charge is 2.27. The first-order valence-electron chi connectivity index (χ1n) is 7.94. The molecule has 3 rings (SSSR count). The summed E-state index contributed by atoms with van der Waals surface area (Å²) in [5.41, 5.74) is 0. The summed E-state index contributed by atoms with van der Waals surface area (Å²) >= 11 is 5.07. The molecule has 4 nitrogen and oxygen atoms in total. The first-order valence-corrected chi connectivity index (χ1v) is 9.72. The quantitative estimate of drug-likeness (QED) is 0.679. The van der Waals surface area contributed by atoms with E-state index in [-0.39, 0.29) is 12.0 Å². The smallest absolute Gasteiger partial charge is 0.223 e. The average molecular weight is 407 g/mol. The van der Waals surface area contributed by atoms with Crippen molar-refractivity contribution < 1.29 is 9.53 Å². The van der Waals surface area contributed by atoms with Crippen LogP contribution in [0.15, 0.2) is 58.0 Å². The Morgan fingerprint density at radius 3 is 2.88 bits per heavy atom. The molecule has 0 bridgehead atoms. The van der Waals surface area contributed by atoms with E-state index in [4.69, 9.17) is 4.74 Å². The van der Waals surface area contributed by atoms with Gasteiger partial charge in [0.25, 0.3) is 0 Å². The number of pyridine rings is 1. The third-order valence-corrected chi connectivity index (χ3v) is 5.30. The molecule has 0 aliphatic carbocycles. The van der Waals surface area contributed by atoms with Crippen molar-refractivity contribution in [1.29, 1.82) is 0 Å². The van der Waals surface area contributed by atoms with Crippen LogP contribution in [0.5, 0.6) is 5.88 Å². The maximum absolute atomic E-state index is 12.3. The molecule has 1 aliphatic heterocycles. The Morgan fingerprint density at radius 1 is 1.29 bits per heavy atom. The molecule has 1 atom stereocenters. The SMILES string of the molecule is O=C(CCSc1ccccc1)N1CCC(Oc2ccc(Br)cn2)C1. The maximum atomic E-state index is 12.3. The number of amides is 1. The fourth-order valence-corrected chi connectivity index (χ4v) is 3.68. The summed E-state index contributed by atoms with van der Waals surface area (Å²) in [4.78, 5) is 19.6. The van der Waals surface area contributed by atoms with Gasteiger partial charge in [0, 0.05) is 46.8 Å². The molecule has 1 saturated heterocycles. The van der Waals surface area contributed by atoms with Crippen LogP contribution >= 0.6 is 27.7 Å². The van der Waals surface area contributed by atoms with Crippen molar-refractivity contribution in [1.82, 2.24) is 9.88 Å². The third-order valence-electron chi connectivity index (χ3n) is 3.81. The number of rotatable bonds is 6. The Balaban J connectivity index is 1.41. The molecule has 0 spiro atoms. The van der Waals surface area contributed by atoms with Crippen molar-refractivity contribution in [3.05, 3.63) is 53.1 Å². The molecule has 126 valence electrons. The van der Waals surface area contributed by atoms with Crippen molar-refractivity contribution in [3.8, 4) is 5.88 Å². The number of aromatic nitrogens is 1. The number of benzene rings is 1. The first kappa shape index (κ1) is 17.3. The van der Waals surface area contributed by atoms with E-state index in [2.05, 4.69) is 33.0 Å². The minimum Gasteiger partial charge on any atom is -0.472 e. The number of carbonyl (C=O) groups excluding carboxylic acids is 1. The summed E-state index contributed by atoms with van der Waals surface area (Å²) in [6.07, 6.45) is 3.16. The zero-order valence-corrected chi connectivity index (χ0v) is 15.6. The fourth-order valence-electron chi connectivity index (χ4n) is 2.58. The number of likely N-dealkylation sites (tertiary alicyclic amines) is 1. The molecule has 1 aromatic heterocycles. The van der Waals surface area contributed by atoms with Gasteiger partial charge in [0.1, 0.15) is 6.10 Å². The Kier molecular flexibility index (Phi) is 6.15. The summed E-state index contributed by atoms with van der Waals surface area (Å²) in [5, 5.41) is 0. The van der Waals surface area contributed by atoms with E-state index in [0.29, 0.717) is 18.8 Å². The predicted octanol–water partition coefficient (Wildman–Crippen LogP) is 4.01. The minimum absolute atomic E-state index is 0.0319. The molecule has 0 N–H and O–H groups in total. The Morgan fingerprint density at radius 2 is 2.12 bits per heavy atom. The van der Waals surface area contributed by atoms with Gasteiger partial charge in [-0.1, -0.05) is 18.2 Å². The number of hydrogen-bond donors (Lipinski definition) is 0. The molecule has 1 aromatic carbocycles. The molecule has 2 aromatic rings. The predicted molar refractivity (Wildman–Crippen MR) is 99.3 cm³/mol. The van der Waals surface area contributed by atoms with Gasteiger partial charge in [0.2, 0.25) is 11.8 Å². The third kappa shape index (κ3) is 4.98. The van der Waals surface area contributed by atoms with Gasteiger partial charge in [-0.3, -0.25) is 4.79 Å². The van der Waals surface area contributed by atoms with Gasteiger partial charge >= 0.3 is 0 Å². The van der Waals surface area contributed by atoms with Crippen LogP contribution in [-0.2, 0) is 4.79 Å². The lowest BCUT2D eigenvalue weighted by atomic mass is 10.3. The topological polar surface area (TPSA) is 42.4 Å². The fraction of sp³-hybridized carbons (Fsp3) is 0.333. The number of hydrogen-bond acceptors (Lipinski definition) is 4. The van der Waals surface area contributed by atoms with Crippen LogP contribution in [0.1, 0.15) is 12.8 Å². The van der Waals surface area contributed by atoms with Crippen molar-refractivity contribution in [2.75, 3.05) is 18.8 Å². The van der Waals surface area contributed by atoms with Gasteiger partial charge in [-0.15, -0.1) is 11.8 Å². The van der Waals surface area contributed by atoms with Crippen LogP contribution in [0.2, 0.25) is 0 Å². The Labute approximate surface area is 154 Å². The molecule has 24 heavy (non-hydrogen) atoms. The zero-order valence-electron chi connectivity index (χ0n) is 13.2. The van der Waals surface area contributed by atoms with E-state index < -0.39 is 0 Å².